The average molecular weight is 532 g/mol. The van der Waals surface area contributed by atoms with Crippen molar-refractivity contribution < 1.29 is 9.53 Å². The summed E-state index contributed by atoms with van der Waals surface area (Å²) < 4.78 is 5.93. The number of carbonyl (C=O) groups excluding carboxylic acids is 1. The second kappa shape index (κ2) is 11.4. The predicted molar refractivity (Wildman–Crippen MR) is 154 cm³/mol. The number of Topliss-reactive ketones (excluding diaryl/α,β-unsaturated/α-hetero) is 1. The third-order valence-corrected chi connectivity index (χ3v) is 11.3. The summed E-state index contributed by atoms with van der Waals surface area (Å²) in [4.78, 5) is 13.6. The zero-order valence-corrected chi connectivity index (χ0v) is 24.5. The Morgan fingerprint density at radius 3 is 2.57 bits per heavy atom. The number of halogens is 1. The molecule has 8 unspecified atom stereocenters. The third-order valence-electron chi connectivity index (χ3n) is 11.1. The summed E-state index contributed by atoms with van der Waals surface area (Å²) in [5.74, 6) is 10.5. The zero-order chi connectivity index (χ0) is 27.0. The largest absolute Gasteiger partial charge is 0.397 e. The Kier molecular flexibility index (Phi) is 8.87. The van der Waals surface area contributed by atoms with E-state index in [1.165, 1.54) is 50.0 Å². The minimum Gasteiger partial charge on any atom is -0.397 e. The van der Waals surface area contributed by atoms with E-state index in [-0.39, 0.29) is 23.7 Å². The summed E-state index contributed by atoms with van der Waals surface area (Å²) in [7, 11) is 1.90. The molecule has 1 aromatic rings. The molecule has 6 heteroatoms. The van der Waals surface area contributed by atoms with Crippen molar-refractivity contribution in [1.82, 2.24) is 0 Å². The first kappa shape index (κ1) is 28.7. The number of carbonyl (C=O) groups is 1. The van der Waals surface area contributed by atoms with E-state index in [4.69, 9.17) is 27.9 Å². The standard InChI is InChI=1S/C29H44ClN3O2.C2H6/c1-18-10-13-29(17-35-3)19(14-18)4-6-21-22-7-8-24(28(22,2)12-11-23(21)29)27(34)16-33(32)26-9-5-20(30)15-25(26)31;1-2/h5,9,15,18-19,21-24H,4,6-8,10-14,16-17,31-32H2,1-3H3;1-2H3. The highest BCUT2D eigenvalue weighted by Crippen LogP contribution is 2.68. The molecular weight excluding hydrogens is 482 g/mol. The zero-order valence-electron chi connectivity index (χ0n) is 23.8. The summed E-state index contributed by atoms with van der Waals surface area (Å²) in [6.45, 7) is 9.97. The van der Waals surface area contributed by atoms with Crippen molar-refractivity contribution in [2.75, 3.05) is 31.0 Å². The van der Waals surface area contributed by atoms with E-state index >= 15 is 0 Å². The first-order chi connectivity index (χ1) is 17.7. The fourth-order valence-electron chi connectivity index (χ4n) is 9.49. The van der Waals surface area contributed by atoms with Crippen LogP contribution in [0.25, 0.3) is 0 Å². The molecule has 0 bridgehead atoms. The van der Waals surface area contributed by atoms with E-state index in [0.29, 0.717) is 27.7 Å². The molecule has 208 valence electrons. The number of anilines is 2. The van der Waals surface area contributed by atoms with Gasteiger partial charge in [-0.05, 0) is 110 Å². The Morgan fingerprint density at radius 2 is 1.86 bits per heavy atom. The number of hydrogen-bond donors (Lipinski definition) is 2. The summed E-state index contributed by atoms with van der Waals surface area (Å²) in [6, 6.07) is 5.26. The topological polar surface area (TPSA) is 81.6 Å². The van der Waals surface area contributed by atoms with E-state index in [2.05, 4.69) is 13.8 Å². The van der Waals surface area contributed by atoms with Crippen molar-refractivity contribution in [3.8, 4) is 0 Å². The lowest BCUT2D eigenvalue weighted by Crippen LogP contribution is -2.56. The molecule has 4 aliphatic carbocycles. The van der Waals surface area contributed by atoms with Crippen LogP contribution in [-0.2, 0) is 9.53 Å². The van der Waals surface area contributed by atoms with Crippen LogP contribution in [0.15, 0.2) is 18.2 Å². The lowest BCUT2D eigenvalue weighted by molar-refractivity contribution is -0.154. The van der Waals surface area contributed by atoms with Gasteiger partial charge in [-0.25, -0.2) is 5.84 Å². The second-order valence-corrected chi connectivity index (χ2v) is 13.1. The number of benzene rings is 1. The smallest absolute Gasteiger partial charge is 0.157 e. The summed E-state index contributed by atoms with van der Waals surface area (Å²) in [6.07, 6.45) is 11.3. The maximum atomic E-state index is 13.6. The summed E-state index contributed by atoms with van der Waals surface area (Å²) in [5.41, 5.74) is 7.73. The lowest BCUT2D eigenvalue weighted by atomic mass is 9.44. The van der Waals surface area contributed by atoms with Crippen LogP contribution in [0.4, 0.5) is 11.4 Å². The van der Waals surface area contributed by atoms with E-state index in [0.717, 1.165) is 43.1 Å². The second-order valence-electron chi connectivity index (χ2n) is 12.7. The monoisotopic (exact) mass is 531 g/mol. The summed E-state index contributed by atoms with van der Waals surface area (Å²) >= 11 is 6.05. The van der Waals surface area contributed by atoms with Gasteiger partial charge in [0, 0.05) is 18.1 Å². The normalized spacial score (nSPS) is 38.5. The number of ether oxygens (including phenoxy) is 1. The first-order valence-electron chi connectivity index (χ1n) is 14.8. The van der Waals surface area contributed by atoms with Gasteiger partial charge >= 0.3 is 0 Å². The highest BCUT2D eigenvalue weighted by atomic mass is 35.5. The predicted octanol–water partition coefficient (Wildman–Crippen LogP) is 7.12. The highest BCUT2D eigenvalue weighted by Gasteiger charge is 2.62. The Labute approximate surface area is 230 Å². The molecule has 0 amide bonds. The van der Waals surface area contributed by atoms with Gasteiger partial charge in [-0.2, -0.15) is 0 Å². The van der Waals surface area contributed by atoms with Crippen LogP contribution in [-0.4, -0.2) is 26.0 Å². The van der Waals surface area contributed by atoms with Crippen molar-refractivity contribution in [2.45, 2.75) is 85.5 Å². The molecule has 1 aromatic carbocycles. The van der Waals surface area contributed by atoms with Crippen LogP contribution in [0.5, 0.6) is 0 Å². The number of fused-ring (bicyclic) bond motifs is 5. The van der Waals surface area contributed by atoms with Crippen LogP contribution in [0.3, 0.4) is 0 Å². The van der Waals surface area contributed by atoms with Crippen molar-refractivity contribution in [1.29, 1.82) is 0 Å². The maximum Gasteiger partial charge on any atom is 0.157 e. The van der Waals surface area contributed by atoms with Crippen LogP contribution in [0.2, 0.25) is 5.02 Å². The summed E-state index contributed by atoms with van der Waals surface area (Å²) in [5, 5.41) is 2.08. The maximum absolute atomic E-state index is 13.6. The Bertz CT molecular complexity index is 956. The van der Waals surface area contributed by atoms with Crippen molar-refractivity contribution in [3.63, 3.8) is 0 Å². The van der Waals surface area contributed by atoms with E-state index in [1.54, 1.807) is 18.2 Å². The van der Waals surface area contributed by atoms with E-state index in [1.807, 2.05) is 21.0 Å². The number of nitrogens with zero attached hydrogens (tertiary/aromatic N) is 1. The number of hydrazine groups is 1. The van der Waals surface area contributed by atoms with Gasteiger partial charge in [-0.15, -0.1) is 0 Å². The molecular formula is C31H50ClN3O2. The van der Waals surface area contributed by atoms with Crippen LogP contribution in [0.1, 0.15) is 85.5 Å². The van der Waals surface area contributed by atoms with E-state index < -0.39 is 0 Å². The van der Waals surface area contributed by atoms with Gasteiger partial charge in [0.15, 0.2) is 5.78 Å². The molecule has 4 saturated carbocycles. The SMILES string of the molecule is CC.COCC12CCC(C)CC1CCC1C3CCC(C(=O)CN(N)c4ccc(Cl)cc4N)C3(C)CCC12. The van der Waals surface area contributed by atoms with Gasteiger partial charge in [-0.1, -0.05) is 45.7 Å². The lowest BCUT2D eigenvalue weighted by Gasteiger charge is -2.62. The number of methoxy groups -OCH3 is 1. The van der Waals surface area contributed by atoms with Gasteiger partial charge in [0.2, 0.25) is 0 Å². The van der Waals surface area contributed by atoms with Gasteiger partial charge in [0.05, 0.1) is 24.5 Å². The van der Waals surface area contributed by atoms with Crippen molar-refractivity contribution >= 4 is 28.8 Å². The molecule has 0 heterocycles. The van der Waals surface area contributed by atoms with Crippen LogP contribution in [0, 0.1) is 46.3 Å². The molecule has 8 atom stereocenters. The minimum atomic E-state index is 0.0771. The molecule has 0 radical (unpaired) electrons. The van der Waals surface area contributed by atoms with Gasteiger partial charge in [0.1, 0.15) is 0 Å². The fourth-order valence-corrected chi connectivity index (χ4v) is 9.67. The van der Waals surface area contributed by atoms with Crippen LogP contribution < -0.4 is 16.6 Å². The van der Waals surface area contributed by atoms with Crippen LogP contribution >= 0.6 is 11.6 Å². The molecule has 4 aliphatic rings. The number of ketones is 1. The molecule has 4 N–H and O–H groups in total. The number of hydrogen-bond acceptors (Lipinski definition) is 5. The fraction of sp³-hybridized carbons (Fsp3) is 0.774. The average Bonchev–Trinajstić information content (AvgIpc) is 3.23. The van der Waals surface area contributed by atoms with E-state index in [9.17, 15) is 4.79 Å². The molecule has 5 nitrogen and oxygen atoms in total. The molecule has 0 aliphatic heterocycles. The Morgan fingerprint density at radius 1 is 1.11 bits per heavy atom. The first-order valence-corrected chi connectivity index (χ1v) is 15.2. The Hall–Kier alpha value is -1.30. The third kappa shape index (κ3) is 5.05. The molecule has 0 aromatic heterocycles. The molecule has 0 saturated heterocycles. The minimum absolute atomic E-state index is 0.0771. The van der Waals surface area contributed by atoms with Gasteiger partial charge in [0.25, 0.3) is 0 Å². The molecule has 5 rings (SSSR count). The van der Waals surface area contributed by atoms with Crippen molar-refractivity contribution in [2.24, 2.45) is 52.2 Å². The van der Waals surface area contributed by atoms with Crippen molar-refractivity contribution in [3.05, 3.63) is 23.2 Å². The Balaban J connectivity index is 0.00000156. The number of nitrogens with two attached hydrogens (primary N) is 2. The van der Waals surface area contributed by atoms with Gasteiger partial charge < -0.3 is 15.5 Å². The molecule has 0 spiro atoms. The quantitative estimate of drug-likeness (QED) is 0.232. The number of rotatable bonds is 6. The highest BCUT2D eigenvalue weighted by molar-refractivity contribution is 6.31. The molecule has 37 heavy (non-hydrogen) atoms. The number of nitrogen functional groups attached to an aromatic ring is 1. The van der Waals surface area contributed by atoms with Gasteiger partial charge in [-0.3, -0.25) is 4.79 Å². The molecule has 4 fully saturated rings.